The lowest BCUT2D eigenvalue weighted by Crippen LogP contribution is -2.49. The molecule has 2 aliphatic heterocycles. The molecule has 0 N–H and O–H groups in total. The summed E-state index contributed by atoms with van der Waals surface area (Å²) in [6, 6.07) is 9.76. The quantitative estimate of drug-likeness (QED) is 0.197. The van der Waals surface area contributed by atoms with Gasteiger partial charge in [0.25, 0.3) is 0 Å². The second kappa shape index (κ2) is 10.9. The Bertz CT molecular complexity index is 1520. The Morgan fingerprint density at radius 3 is 1.52 bits per heavy atom. The Hall–Kier alpha value is -2.70. The molecule has 8 fully saturated rings. The van der Waals surface area contributed by atoms with Crippen LogP contribution < -0.4 is 9.47 Å². The number of benzene rings is 2. The van der Waals surface area contributed by atoms with Gasteiger partial charge in [-0.05, 0) is 164 Å². The molecule has 6 heteroatoms. The second-order valence-corrected chi connectivity index (χ2v) is 16.6. The molecule has 12 rings (SSSR count). The zero-order chi connectivity index (χ0) is 30.3. The highest BCUT2D eigenvalue weighted by atomic mass is 16.6. The van der Waals surface area contributed by atoms with Crippen LogP contribution in [0.5, 0.6) is 11.5 Å². The lowest BCUT2D eigenvalue weighted by molar-refractivity contribution is -0.00691. The van der Waals surface area contributed by atoms with Gasteiger partial charge in [0.05, 0.1) is 13.2 Å². The minimum atomic E-state index is 0.248. The SMILES string of the molecule is C1=C(COCCOc2cc(C34CC5CC(CC(C5)C3)C4)c3cc(C45CC6CC(CC(C6)C4)C5)c(OCCOCC4=CO4)cc3c2)O1. The van der Waals surface area contributed by atoms with Crippen LogP contribution in [0.25, 0.3) is 10.8 Å². The van der Waals surface area contributed by atoms with Crippen LogP contribution in [0.15, 0.2) is 48.3 Å². The van der Waals surface area contributed by atoms with Gasteiger partial charge in [0, 0.05) is 5.56 Å². The van der Waals surface area contributed by atoms with Crippen LogP contribution in [0.4, 0.5) is 0 Å². The Morgan fingerprint density at radius 2 is 1.02 bits per heavy atom. The Kier molecular flexibility index (Phi) is 6.72. The Balaban J connectivity index is 1.04. The summed E-state index contributed by atoms with van der Waals surface area (Å²) in [7, 11) is 0. The van der Waals surface area contributed by atoms with Gasteiger partial charge in [-0.25, -0.2) is 0 Å². The summed E-state index contributed by atoms with van der Waals surface area (Å²) in [5, 5.41) is 2.73. The largest absolute Gasteiger partial charge is 0.491 e. The minimum Gasteiger partial charge on any atom is -0.491 e. The molecule has 0 saturated heterocycles. The highest BCUT2D eigenvalue weighted by Crippen LogP contribution is 2.64. The maximum Gasteiger partial charge on any atom is 0.164 e. The topological polar surface area (TPSA) is 62.0 Å². The molecular weight excluding hydrogens is 576 g/mol. The van der Waals surface area contributed by atoms with E-state index in [9.17, 15) is 0 Å². The van der Waals surface area contributed by atoms with Crippen molar-refractivity contribution in [2.45, 2.75) is 87.9 Å². The third-order valence-electron chi connectivity index (χ3n) is 13.3. The molecule has 8 saturated carbocycles. The van der Waals surface area contributed by atoms with E-state index in [4.69, 9.17) is 28.4 Å². The fraction of sp³-hybridized carbons (Fsp3) is 0.650. The highest BCUT2D eigenvalue weighted by Gasteiger charge is 2.54. The molecule has 2 aromatic carbocycles. The maximum atomic E-state index is 6.74. The van der Waals surface area contributed by atoms with Crippen molar-refractivity contribution in [1.29, 1.82) is 0 Å². The normalized spacial score (nSPS) is 37.1. The third-order valence-corrected chi connectivity index (χ3v) is 13.3. The summed E-state index contributed by atoms with van der Waals surface area (Å²) >= 11 is 0. The molecular formula is C40H48O6. The monoisotopic (exact) mass is 624 g/mol. The fourth-order valence-electron chi connectivity index (χ4n) is 12.3. The summed E-state index contributed by atoms with van der Waals surface area (Å²) in [5.74, 6) is 9.21. The van der Waals surface area contributed by atoms with Crippen molar-refractivity contribution in [3.63, 3.8) is 0 Å². The van der Waals surface area contributed by atoms with Gasteiger partial charge in [-0.3, -0.25) is 0 Å². The first-order valence-electron chi connectivity index (χ1n) is 18.3. The number of hydrogen-bond donors (Lipinski definition) is 0. The molecule has 0 unspecified atom stereocenters. The summed E-state index contributed by atoms with van der Waals surface area (Å²) in [6.45, 7) is 3.25. The van der Waals surface area contributed by atoms with Crippen LogP contribution in [0.2, 0.25) is 0 Å². The standard InChI is InChI=1S/C40H48O6/c1(41-21-33-23-45-33)3-43-32-11-31-12-38(44-4-2-42-22-34-24-46-34)37(40-18-28-8-29(19-40)10-30(9-28)20-40)14-35(31)36(13-32)39-15-25-5-26(16-39)7-27(6-25)17-39/h11-14,23-30H,1-10,15-22H2. The van der Waals surface area contributed by atoms with Gasteiger partial charge >= 0.3 is 0 Å². The van der Waals surface area contributed by atoms with Crippen molar-refractivity contribution in [3.8, 4) is 11.5 Å². The van der Waals surface area contributed by atoms with Crippen LogP contribution in [-0.2, 0) is 29.8 Å². The molecule has 46 heavy (non-hydrogen) atoms. The Morgan fingerprint density at radius 1 is 0.543 bits per heavy atom. The van der Waals surface area contributed by atoms with Gasteiger partial charge in [0.15, 0.2) is 11.5 Å². The molecule has 2 heterocycles. The van der Waals surface area contributed by atoms with E-state index in [0.717, 1.165) is 58.5 Å². The lowest BCUT2D eigenvalue weighted by Gasteiger charge is -2.58. The molecule has 6 nitrogen and oxygen atoms in total. The molecule has 10 aliphatic rings. The molecule has 0 spiro atoms. The van der Waals surface area contributed by atoms with Gasteiger partial charge < -0.3 is 28.4 Å². The molecule has 0 radical (unpaired) electrons. The van der Waals surface area contributed by atoms with Gasteiger partial charge in [0.1, 0.15) is 50.5 Å². The van der Waals surface area contributed by atoms with Gasteiger partial charge in [0.2, 0.25) is 0 Å². The van der Waals surface area contributed by atoms with Crippen molar-refractivity contribution < 1.29 is 28.4 Å². The number of rotatable bonds is 14. The molecule has 2 aromatic rings. The number of ether oxygens (including phenoxy) is 6. The molecule has 0 aromatic heterocycles. The van der Waals surface area contributed by atoms with Gasteiger partial charge in [-0.15, -0.1) is 0 Å². The average molecular weight is 625 g/mol. The number of fused-ring (bicyclic) bond motifs is 1. The first kappa shape index (κ1) is 28.3. The average Bonchev–Trinajstić information content (AvgIpc) is 3.95. The first-order valence-corrected chi connectivity index (χ1v) is 18.3. The molecule has 0 atom stereocenters. The highest BCUT2D eigenvalue weighted by molar-refractivity contribution is 5.91. The van der Waals surface area contributed by atoms with Crippen molar-refractivity contribution in [2.24, 2.45) is 35.5 Å². The van der Waals surface area contributed by atoms with Crippen LogP contribution in [0, 0.1) is 35.5 Å². The van der Waals surface area contributed by atoms with E-state index < -0.39 is 0 Å². The smallest absolute Gasteiger partial charge is 0.164 e. The van der Waals surface area contributed by atoms with Crippen LogP contribution in [0.3, 0.4) is 0 Å². The molecule has 244 valence electrons. The van der Waals surface area contributed by atoms with Crippen molar-refractivity contribution in [3.05, 3.63) is 59.4 Å². The zero-order valence-corrected chi connectivity index (χ0v) is 27.1. The maximum absolute atomic E-state index is 6.74. The summed E-state index contributed by atoms with van der Waals surface area (Å²) in [6.07, 6.45) is 20.2. The van der Waals surface area contributed by atoms with Gasteiger partial charge in [-0.1, -0.05) is 0 Å². The van der Waals surface area contributed by atoms with E-state index in [0.29, 0.717) is 39.6 Å². The van der Waals surface area contributed by atoms with Crippen molar-refractivity contribution in [1.82, 2.24) is 0 Å². The summed E-state index contributed by atoms with van der Waals surface area (Å²) in [5.41, 5.74) is 3.58. The van der Waals surface area contributed by atoms with E-state index in [-0.39, 0.29) is 10.8 Å². The van der Waals surface area contributed by atoms with E-state index in [1.54, 1.807) is 18.1 Å². The molecule has 8 aliphatic carbocycles. The first-order chi connectivity index (χ1) is 22.6. The predicted molar refractivity (Wildman–Crippen MR) is 175 cm³/mol. The van der Waals surface area contributed by atoms with Gasteiger partial charge in [-0.2, -0.15) is 0 Å². The van der Waals surface area contributed by atoms with Crippen molar-refractivity contribution >= 4 is 10.8 Å². The Labute approximate surface area is 272 Å². The van der Waals surface area contributed by atoms with E-state index in [1.807, 2.05) is 0 Å². The van der Waals surface area contributed by atoms with Crippen molar-refractivity contribution in [2.75, 3.05) is 39.6 Å². The zero-order valence-electron chi connectivity index (χ0n) is 27.1. The van der Waals surface area contributed by atoms with Crippen LogP contribution >= 0.6 is 0 Å². The van der Waals surface area contributed by atoms with E-state index >= 15 is 0 Å². The summed E-state index contributed by atoms with van der Waals surface area (Å²) in [4.78, 5) is 0. The third kappa shape index (κ3) is 5.23. The van der Waals surface area contributed by atoms with Crippen LogP contribution in [0.1, 0.15) is 88.2 Å². The van der Waals surface area contributed by atoms with Crippen LogP contribution in [-0.4, -0.2) is 39.6 Å². The molecule has 0 amide bonds. The number of hydrogen-bond acceptors (Lipinski definition) is 6. The molecule has 8 bridgehead atoms. The minimum absolute atomic E-state index is 0.248. The fourth-order valence-corrected chi connectivity index (χ4v) is 12.3. The predicted octanol–water partition coefficient (Wildman–Crippen LogP) is 8.31. The van der Waals surface area contributed by atoms with E-state index in [2.05, 4.69) is 24.3 Å². The van der Waals surface area contributed by atoms with E-state index in [1.165, 1.54) is 93.4 Å². The lowest BCUT2D eigenvalue weighted by atomic mass is 9.47. The second-order valence-electron chi connectivity index (χ2n) is 16.6. The summed E-state index contributed by atoms with van der Waals surface area (Å²) < 4.78 is 35.1.